The van der Waals surface area contributed by atoms with Crippen molar-refractivity contribution in [1.82, 2.24) is 5.32 Å². The summed E-state index contributed by atoms with van der Waals surface area (Å²) in [6.45, 7) is 1.81. The van der Waals surface area contributed by atoms with E-state index in [0.717, 1.165) is 27.5 Å². The monoisotopic (exact) mass is 339 g/mol. The molecule has 0 saturated carbocycles. The maximum atomic E-state index is 12.3. The lowest BCUT2D eigenvalue weighted by atomic mass is 9.89. The first kappa shape index (κ1) is 16.5. The molecule has 3 nitrogen and oxygen atoms in total. The van der Waals surface area contributed by atoms with E-state index in [0.29, 0.717) is 16.1 Å². The fourth-order valence-corrected chi connectivity index (χ4v) is 3.13. The van der Waals surface area contributed by atoms with Crippen LogP contribution in [0.3, 0.4) is 0 Å². The summed E-state index contributed by atoms with van der Waals surface area (Å²) < 4.78 is 0. The summed E-state index contributed by atoms with van der Waals surface area (Å²) in [4.78, 5) is 12.3. The number of carbonyl (C=O) groups is 1. The van der Waals surface area contributed by atoms with E-state index in [4.69, 9.17) is 11.6 Å². The molecule has 3 rings (SSSR count). The van der Waals surface area contributed by atoms with Gasteiger partial charge in [-0.2, -0.15) is 0 Å². The number of amides is 1. The minimum absolute atomic E-state index is 0.211. The zero-order chi connectivity index (χ0) is 17.3. The van der Waals surface area contributed by atoms with Crippen molar-refractivity contribution in [3.05, 3.63) is 70.2 Å². The number of hydrogen-bond donors (Lipinski definition) is 2. The highest BCUT2D eigenvalue weighted by Crippen LogP contribution is 2.36. The van der Waals surface area contributed by atoms with Gasteiger partial charge in [0, 0.05) is 17.6 Å². The molecule has 0 atom stereocenters. The van der Waals surface area contributed by atoms with Crippen LogP contribution in [0.2, 0.25) is 5.02 Å². The molecule has 3 aromatic carbocycles. The van der Waals surface area contributed by atoms with E-state index in [1.807, 2.05) is 49.4 Å². The Morgan fingerprint density at radius 2 is 1.83 bits per heavy atom. The lowest BCUT2D eigenvalue weighted by molar-refractivity contribution is 0.0960. The van der Waals surface area contributed by atoms with Crippen molar-refractivity contribution in [3.63, 3.8) is 0 Å². The molecule has 0 aromatic heterocycles. The van der Waals surface area contributed by atoms with Gasteiger partial charge in [-0.25, -0.2) is 0 Å². The van der Waals surface area contributed by atoms with Crippen molar-refractivity contribution in [1.29, 1.82) is 0 Å². The molecule has 0 saturated heterocycles. The average molecular weight is 340 g/mol. The van der Waals surface area contributed by atoms with Crippen LogP contribution in [0.5, 0.6) is 0 Å². The number of nitrogens with one attached hydrogen (secondary N) is 1. The number of benzene rings is 3. The number of carbonyl (C=O) groups excluding carboxylic acids is 1. The second-order valence-corrected chi connectivity index (χ2v) is 6.18. The van der Waals surface area contributed by atoms with E-state index in [-0.39, 0.29) is 12.5 Å². The van der Waals surface area contributed by atoms with Crippen LogP contribution >= 0.6 is 11.6 Å². The molecule has 0 unspecified atom stereocenters. The normalized spacial score (nSPS) is 10.8. The lowest BCUT2D eigenvalue weighted by Crippen LogP contribution is -2.20. The number of rotatable bonds is 3. The molecule has 0 radical (unpaired) electrons. The van der Waals surface area contributed by atoms with Crippen LogP contribution in [-0.4, -0.2) is 18.1 Å². The molecular formula is C20H18ClNO2. The number of hydrogen-bond acceptors (Lipinski definition) is 2. The summed E-state index contributed by atoms with van der Waals surface area (Å²) in [6.07, 6.45) is 0. The van der Waals surface area contributed by atoms with Gasteiger partial charge in [0.15, 0.2) is 0 Å². The maximum Gasteiger partial charge on any atom is 0.251 e. The number of halogens is 1. The van der Waals surface area contributed by atoms with Gasteiger partial charge >= 0.3 is 0 Å². The molecule has 4 heteroatoms. The van der Waals surface area contributed by atoms with Gasteiger partial charge in [0.2, 0.25) is 0 Å². The highest BCUT2D eigenvalue weighted by molar-refractivity contribution is 6.30. The first-order chi connectivity index (χ1) is 11.5. The summed E-state index contributed by atoms with van der Waals surface area (Å²) in [7, 11) is 1.59. The summed E-state index contributed by atoms with van der Waals surface area (Å²) in [5.41, 5.74) is 4.02. The molecule has 24 heavy (non-hydrogen) atoms. The van der Waals surface area contributed by atoms with Crippen molar-refractivity contribution in [2.45, 2.75) is 13.5 Å². The van der Waals surface area contributed by atoms with Crippen LogP contribution in [0.4, 0.5) is 0 Å². The van der Waals surface area contributed by atoms with Crippen LogP contribution in [0.25, 0.3) is 21.9 Å². The Morgan fingerprint density at radius 1 is 1.12 bits per heavy atom. The predicted octanol–water partition coefficient (Wildman–Crippen LogP) is 4.32. The lowest BCUT2D eigenvalue weighted by Gasteiger charge is -2.17. The molecular weight excluding hydrogens is 322 g/mol. The van der Waals surface area contributed by atoms with Crippen molar-refractivity contribution in [2.75, 3.05) is 7.05 Å². The molecule has 0 bridgehead atoms. The Labute approximate surface area is 145 Å². The Kier molecular flexibility index (Phi) is 4.56. The van der Waals surface area contributed by atoms with Gasteiger partial charge in [0.25, 0.3) is 5.91 Å². The third-order valence-corrected chi connectivity index (χ3v) is 4.42. The quantitative estimate of drug-likeness (QED) is 0.746. The van der Waals surface area contributed by atoms with Gasteiger partial charge in [0.1, 0.15) is 0 Å². The summed E-state index contributed by atoms with van der Waals surface area (Å²) in [5, 5.41) is 15.2. The first-order valence-corrected chi connectivity index (χ1v) is 8.08. The standard InChI is InChI=1S/C20H18ClNO2/c1-12-3-4-14-10-17(20(24)22-2)18(11-23)19(16(14)9-12)13-5-7-15(21)8-6-13/h3-10,23H,11H2,1-2H3,(H,22,24). The maximum absolute atomic E-state index is 12.3. The zero-order valence-electron chi connectivity index (χ0n) is 13.6. The highest BCUT2D eigenvalue weighted by atomic mass is 35.5. The Balaban J connectivity index is 2.43. The summed E-state index contributed by atoms with van der Waals surface area (Å²) in [5.74, 6) is -0.211. The Bertz CT molecular complexity index is 917. The molecule has 3 aromatic rings. The molecule has 0 heterocycles. The molecule has 0 fully saturated rings. The fourth-order valence-electron chi connectivity index (χ4n) is 3.00. The summed E-state index contributed by atoms with van der Waals surface area (Å²) in [6, 6.07) is 15.4. The number of aliphatic hydroxyl groups is 1. The molecule has 0 spiro atoms. The van der Waals surface area contributed by atoms with Crippen molar-refractivity contribution in [3.8, 4) is 11.1 Å². The molecule has 0 aliphatic rings. The minimum Gasteiger partial charge on any atom is -0.392 e. The van der Waals surface area contributed by atoms with Gasteiger partial charge in [-0.3, -0.25) is 4.79 Å². The molecule has 122 valence electrons. The van der Waals surface area contributed by atoms with Gasteiger partial charge in [0.05, 0.1) is 6.61 Å². The fraction of sp³-hybridized carbons (Fsp3) is 0.150. The molecule has 1 amide bonds. The molecule has 2 N–H and O–H groups in total. The number of fused-ring (bicyclic) bond motifs is 1. The van der Waals surface area contributed by atoms with E-state index >= 15 is 0 Å². The SMILES string of the molecule is CNC(=O)c1cc2ccc(C)cc2c(-c2ccc(Cl)cc2)c1CO. The van der Waals surface area contributed by atoms with Gasteiger partial charge < -0.3 is 10.4 Å². The predicted molar refractivity (Wildman–Crippen MR) is 98.4 cm³/mol. The Hall–Kier alpha value is -2.36. The van der Waals surface area contributed by atoms with Crippen molar-refractivity contribution in [2.24, 2.45) is 0 Å². The number of aliphatic hydroxyl groups excluding tert-OH is 1. The van der Waals surface area contributed by atoms with Crippen LogP contribution in [0.1, 0.15) is 21.5 Å². The van der Waals surface area contributed by atoms with E-state index < -0.39 is 0 Å². The zero-order valence-corrected chi connectivity index (χ0v) is 14.3. The van der Waals surface area contributed by atoms with E-state index in [2.05, 4.69) is 11.4 Å². The minimum atomic E-state index is -0.218. The smallest absolute Gasteiger partial charge is 0.251 e. The van der Waals surface area contributed by atoms with Crippen molar-refractivity contribution < 1.29 is 9.90 Å². The topological polar surface area (TPSA) is 49.3 Å². The van der Waals surface area contributed by atoms with E-state index in [9.17, 15) is 9.90 Å². The van der Waals surface area contributed by atoms with Gasteiger partial charge in [-0.1, -0.05) is 47.5 Å². The first-order valence-electron chi connectivity index (χ1n) is 7.70. The van der Waals surface area contributed by atoms with Gasteiger partial charge in [-0.15, -0.1) is 0 Å². The van der Waals surface area contributed by atoms with Crippen LogP contribution in [0, 0.1) is 6.92 Å². The van der Waals surface area contributed by atoms with Crippen LogP contribution in [-0.2, 0) is 6.61 Å². The van der Waals surface area contributed by atoms with E-state index in [1.165, 1.54) is 0 Å². The molecule has 0 aliphatic carbocycles. The second-order valence-electron chi connectivity index (χ2n) is 5.75. The Morgan fingerprint density at radius 3 is 2.46 bits per heavy atom. The van der Waals surface area contributed by atoms with Crippen LogP contribution < -0.4 is 5.32 Å². The number of aryl methyl sites for hydroxylation is 1. The molecule has 0 aliphatic heterocycles. The van der Waals surface area contributed by atoms with Gasteiger partial charge in [-0.05, 0) is 52.6 Å². The largest absolute Gasteiger partial charge is 0.392 e. The average Bonchev–Trinajstić information content (AvgIpc) is 2.60. The van der Waals surface area contributed by atoms with Crippen LogP contribution in [0.15, 0.2) is 48.5 Å². The third kappa shape index (κ3) is 2.88. The third-order valence-electron chi connectivity index (χ3n) is 4.17. The highest BCUT2D eigenvalue weighted by Gasteiger charge is 2.18. The van der Waals surface area contributed by atoms with E-state index in [1.54, 1.807) is 7.05 Å². The second kappa shape index (κ2) is 6.63. The van der Waals surface area contributed by atoms with Crippen molar-refractivity contribution >= 4 is 28.3 Å². The summed E-state index contributed by atoms with van der Waals surface area (Å²) >= 11 is 6.01.